The number of hydrogen-bond acceptors (Lipinski definition) is 5. The van der Waals surface area contributed by atoms with Gasteiger partial charge in [-0.3, -0.25) is 9.89 Å². The second-order valence-electron chi connectivity index (χ2n) is 9.47. The molecular weight excluding hydrogens is 544 g/mol. The molecule has 3 aromatic rings. The quantitative estimate of drug-likeness (QED) is 0.319. The fourth-order valence-corrected chi connectivity index (χ4v) is 5.73. The van der Waals surface area contributed by atoms with Crippen LogP contribution in [0.2, 0.25) is 0 Å². The number of benzene rings is 2. The number of rotatable bonds is 3. The van der Waals surface area contributed by atoms with Crippen molar-refractivity contribution >= 4 is 39.3 Å². The van der Waals surface area contributed by atoms with Gasteiger partial charge in [0, 0.05) is 25.0 Å². The van der Waals surface area contributed by atoms with E-state index in [9.17, 15) is 31.1 Å². The molecule has 0 radical (unpaired) electrons. The molecule has 2 aliphatic rings. The number of likely N-dealkylation sites (N-methyl/N-ethyl adjacent to an activating group) is 1. The average molecular weight is 568 g/mol. The highest BCUT2D eigenvalue weighted by Gasteiger charge is 2.39. The van der Waals surface area contributed by atoms with Crippen LogP contribution in [-0.2, 0) is 23.6 Å². The van der Waals surface area contributed by atoms with Crippen LogP contribution in [0.4, 0.5) is 26.3 Å². The van der Waals surface area contributed by atoms with E-state index in [0.29, 0.717) is 40.8 Å². The number of alkyl halides is 6. The minimum absolute atomic E-state index is 0.121. The van der Waals surface area contributed by atoms with Crippen LogP contribution in [0, 0.1) is 0 Å². The standard InChI is InChI=1S/C26H23F6N5OS/c1-36-7-2-8-37(10-9-36)24-34-23(38)22(39-24)19(15-4-6-21-17(11-15)14-33-35-21)12-16-3-5-18(25(27,28)29)13-20(16)26(30,31)32/h3-6,11,13-14H,2,7-10,12H2,1H3,(H,33,35). The Morgan fingerprint density at radius 2 is 1.79 bits per heavy atom. The van der Waals surface area contributed by atoms with Crippen LogP contribution in [0.1, 0.15) is 28.7 Å². The highest BCUT2D eigenvalue weighted by atomic mass is 32.2. The number of nitrogens with one attached hydrogen (secondary N) is 1. The molecule has 0 bridgehead atoms. The summed E-state index contributed by atoms with van der Waals surface area (Å²) < 4.78 is 81.6. The monoisotopic (exact) mass is 567 g/mol. The first-order valence-corrected chi connectivity index (χ1v) is 12.9. The van der Waals surface area contributed by atoms with E-state index in [1.165, 1.54) is 0 Å². The Morgan fingerprint density at radius 1 is 1.00 bits per heavy atom. The summed E-state index contributed by atoms with van der Waals surface area (Å²) in [5, 5.41) is 7.90. The predicted molar refractivity (Wildman–Crippen MR) is 137 cm³/mol. The van der Waals surface area contributed by atoms with Gasteiger partial charge in [0.15, 0.2) is 5.17 Å². The van der Waals surface area contributed by atoms with Crippen molar-refractivity contribution in [3.63, 3.8) is 0 Å². The van der Waals surface area contributed by atoms with Crippen molar-refractivity contribution in [1.29, 1.82) is 0 Å². The lowest BCUT2D eigenvalue weighted by molar-refractivity contribution is -0.143. The summed E-state index contributed by atoms with van der Waals surface area (Å²) in [4.78, 5) is 21.7. The Hall–Kier alpha value is -3.32. The minimum Gasteiger partial charge on any atom is -0.349 e. The van der Waals surface area contributed by atoms with Gasteiger partial charge in [-0.2, -0.15) is 36.4 Å². The van der Waals surface area contributed by atoms with Crippen LogP contribution in [0.3, 0.4) is 0 Å². The van der Waals surface area contributed by atoms with Gasteiger partial charge in [0.2, 0.25) is 0 Å². The van der Waals surface area contributed by atoms with Crippen LogP contribution in [0.25, 0.3) is 16.5 Å². The molecule has 39 heavy (non-hydrogen) atoms. The van der Waals surface area contributed by atoms with Crippen molar-refractivity contribution in [2.75, 3.05) is 33.2 Å². The summed E-state index contributed by atoms with van der Waals surface area (Å²) in [5.74, 6) is -0.588. The molecular formula is C26H23F6N5OS. The molecule has 0 saturated carbocycles. The van der Waals surface area contributed by atoms with Gasteiger partial charge >= 0.3 is 12.4 Å². The molecule has 2 aromatic carbocycles. The van der Waals surface area contributed by atoms with E-state index in [2.05, 4.69) is 20.1 Å². The number of H-pyrrole nitrogens is 1. The highest BCUT2D eigenvalue weighted by Crippen LogP contribution is 2.42. The molecule has 1 N–H and O–H groups in total. The van der Waals surface area contributed by atoms with Gasteiger partial charge in [0.05, 0.1) is 27.7 Å². The number of amides is 1. The molecule has 0 spiro atoms. The molecule has 5 rings (SSSR count). The number of carbonyl (C=O) groups is 1. The van der Waals surface area contributed by atoms with Gasteiger partial charge in [-0.15, -0.1) is 0 Å². The van der Waals surface area contributed by atoms with Crippen molar-refractivity contribution in [2.45, 2.75) is 25.2 Å². The number of fused-ring (bicyclic) bond motifs is 1. The average Bonchev–Trinajstić information content (AvgIpc) is 3.43. The van der Waals surface area contributed by atoms with E-state index in [1.807, 2.05) is 11.9 Å². The van der Waals surface area contributed by atoms with Crippen LogP contribution in [0.15, 0.2) is 52.5 Å². The van der Waals surface area contributed by atoms with Gasteiger partial charge in [0.1, 0.15) is 0 Å². The van der Waals surface area contributed by atoms with Crippen LogP contribution in [0.5, 0.6) is 0 Å². The normalized spacial score (nSPS) is 19.0. The zero-order valence-corrected chi connectivity index (χ0v) is 21.5. The fraction of sp³-hybridized carbons (Fsp3) is 0.346. The molecule has 2 aliphatic heterocycles. The molecule has 1 amide bonds. The maximum atomic E-state index is 14.0. The molecule has 0 aliphatic carbocycles. The number of aromatic amines is 1. The SMILES string of the molecule is CN1CCCN(C2=NC(=O)C(=C(Cc3ccc(C(F)(F)F)cc3C(F)(F)F)c3ccc4[nH]ncc4c3)S2)CC1. The van der Waals surface area contributed by atoms with E-state index in [0.717, 1.165) is 37.3 Å². The van der Waals surface area contributed by atoms with Gasteiger partial charge < -0.3 is 9.80 Å². The summed E-state index contributed by atoms with van der Waals surface area (Å²) in [5.41, 5.74) is -1.76. The topological polar surface area (TPSA) is 64.6 Å². The second kappa shape index (κ2) is 10.3. The van der Waals surface area contributed by atoms with Crippen molar-refractivity contribution in [2.24, 2.45) is 4.99 Å². The summed E-state index contributed by atoms with van der Waals surface area (Å²) in [6.45, 7) is 2.95. The molecule has 13 heteroatoms. The summed E-state index contributed by atoms with van der Waals surface area (Å²) in [6.07, 6.45) is -8.00. The number of nitrogens with zero attached hydrogens (tertiary/aromatic N) is 4. The third-order valence-corrected chi connectivity index (χ3v) is 7.90. The molecule has 6 nitrogen and oxygen atoms in total. The molecule has 0 atom stereocenters. The number of amidine groups is 1. The first-order valence-electron chi connectivity index (χ1n) is 12.1. The van der Waals surface area contributed by atoms with Gasteiger partial charge in [-0.25, -0.2) is 0 Å². The Kier molecular flexibility index (Phi) is 7.23. The minimum atomic E-state index is -5.03. The maximum Gasteiger partial charge on any atom is 0.416 e. The third-order valence-electron chi connectivity index (χ3n) is 6.75. The predicted octanol–water partition coefficient (Wildman–Crippen LogP) is 5.82. The highest BCUT2D eigenvalue weighted by molar-refractivity contribution is 8.18. The lowest BCUT2D eigenvalue weighted by Crippen LogP contribution is -2.32. The molecule has 206 valence electrons. The first-order chi connectivity index (χ1) is 18.4. The van der Waals surface area contributed by atoms with E-state index in [-0.39, 0.29) is 22.1 Å². The number of hydrogen-bond donors (Lipinski definition) is 1. The third kappa shape index (κ3) is 5.83. The molecule has 3 heterocycles. The molecule has 1 fully saturated rings. The van der Waals surface area contributed by atoms with E-state index < -0.39 is 35.8 Å². The summed E-state index contributed by atoms with van der Waals surface area (Å²) >= 11 is 1.09. The Balaban J connectivity index is 1.59. The molecule has 1 aromatic heterocycles. The number of aromatic nitrogens is 2. The molecule has 0 unspecified atom stereocenters. The van der Waals surface area contributed by atoms with E-state index >= 15 is 0 Å². The lowest BCUT2D eigenvalue weighted by Gasteiger charge is -2.21. The zero-order chi connectivity index (χ0) is 27.9. The van der Waals surface area contributed by atoms with Gasteiger partial charge in [0.25, 0.3) is 5.91 Å². The number of halogens is 6. The van der Waals surface area contributed by atoms with Crippen molar-refractivity contribution < 1.29 is 31.1 Å². The van der Waals surface area contributed by atoms with Crippen molar-refractivity contribution in [1.82, 2.24) is 20.0 Å². The Morgan fingerprint density at radius 3 is 2.54 bits per heavy atom. The largest absolute Gasteiger partial charge is 0.416 e. The number of thioether (sulfide) groups is 1. The van der Waals surface area contributed by atoms with Crippen molar-refractivity contribution in [3.8, 4) is 0 Å². The van der Waals surface area contributed by atoms with Crippen molar-refractivity contribution in [3.05, 3.63) is 69.8 Å². The van der Waals surface area contributed by atoms with Crippen LogP contribution >= 0.6 is 11.8 Å². The number of carbonyl (C=O) groups excluding carboxylic acids is 1. The number of allylic oxidation sites excluding steroid dienone is 1. The van der Waals surface area contributed by atoms with E-state index in [1.54, 1.807) is 24.4 Å². The lowest BCUT2D eigenvalue weighted by atomic mass is 9.92. The van der Waals surface area contributed by atoms with Crippen LogP contribution < -0.4 is 0 Å². The van der Waals surface area contributed by atoms with Crippen LogP contribution in [-0.4, -0.2) is 64.3 Å². The number of aliphatic imine (C=N–C) groups is 1. The fourth-order valence-electron chi connectivity index (χ4n) is 4.66. The first kappa shape index (κ1) is 27.3. The van der Waals surface area contributed by atoms with Gasteiger partial charge in [-0.05, 0) is 79.2 Å². The smallest absolute Gasteiger partial charge is 0.349 e. The molecule has 1 saturated heterocycles. The zero-order valence-electron chi connectivity index (χ0n) is 20.7. The summed E-state index contributed by atoms with van der Waals surface area (Å²) in [6, 6.07) is 6.60. The van der Waals surface area contributed by atoms with E-state index in [4.69, 9.17) is 0 Å². The second-order valence-corrected chi connectivity index (χ2v) is 10.4. The Bertz CT molecular complexity index is 1480. The van der Waals surface area contributed by atoms with Gasteiger partial charge in [-0.1, -0.05) is 12.1 Å². The maximum absolute atomic E-state index is 14.0. The summed E-state index contributed by atoms with van der Waals surface area (Å²) in [7, 11) is 2.00. The Labute approximate surface area is 223 Å².